The maximum Gasteiger partial charge on any atom is 0.250 e. The topological polar surface area (TPSA) is 92.3 Å². The number of para-hydroxylation sites is 1. The first-order valence-corrected chi connectivity index (χ1v) is 11.9. The summed E-state index contributed by atoms with van der Waals surface area (Å²) in [5, 5.41) is 10.8. The van der Waals surface area contributed by atoms with Gasteiger partial charge in [0.25, 0.3) is 0 Å². The minimum absolute atomic E-state index is 0.156. The number of carbonyl (C=O) groups excluding carboxylic acids is 1. The fourth-order valence-corrected chi connectivity index (χ4v) is 5.26. The van der Waals surface area contributed by atoms with Crippen molar-refractivity contribution in [1.29, 1.82) is 0 Å². The molecule has 1 aromatic heterocycles. The number of thioether (sulfide) groups is 1. The van der Waals surface area contributed by atoms with E-state index in [4.69, 9.17) is 0 Å². The van der Waals surface area contributed by atoms with Crippen LogP contribution in [0.3, 0.4) is 0 Å². The standard InChI is InChI=1S/C16H21FN4O3S3/c1-4-10-25-16-20-19-15(26-16)18-14(22)12(5-2)21(27(3,23)24)13-9-7-6-8-11(13)17/h6-9,12H,4-5,10H2,1-3H3,(H,18,19,22). The number of carbonyl (C=O) groups is 1. The van der Waals surface area contributed by atoms with Crippen molar-refractivity contribution in [1.82, 2.24) is 10.2 Å². The number of nitrogens with zero attached hydrogens (tertiary/aromatic N) is 3. The Morgan fingerprint density at radius 2 is 2.04 bits per heavy atom. The van der Waals surface area contributed by atoms with Gasteiger partial charge in [-0.3, -0.25) is 14.4 Å². The molecule has 11 heteroatoms. The van der Waals surface area contributed by atoms with Gasteiger partial charge in [0.15, 0.2) is 4.34 Å². The number of amides is 1. The first kappa shape index (κ1) is 21.6. The van der Waals surface area contributed by atoms with Crippen LogP contribution < -0.4 is 9.62 Å². The van der Waals surface area contributed by atoms with Gasteiger partial charge >= 0.3 is 0 Å². The van der Waals surface area contributed by atoms with E-state index < -0.39 is 27.8 Å². The maximum absolute atomic E-state index is 14.2. The van der Waals surface area contributed by atoms with E-state index in [2.05, 4.69) is 15.5 Å². The zero-order valence-electron chi connectivity index (χ0n) is 15.2. The molecule has 0 saturated heterocycles. The molecule has 2 aromatic rings. The molecule has 1 heterocycles. The van der Waals surface area contributed by atoms with Crippen LogP contribution >= 0.6 is 23.1 Å². The Morgan fingerprint density at radius 3 is 2.63 bits per heavy atom. The molecule has 1 unspecified atom stereocenters. The van der Waals surface area contributed by atoms with E-state index in [0.29, 0.717) is 4.34 Å². The summed E-state index contributed by atoms with van der Waals surface area (Å²) in [5.41, 5.74) is -0.168. The fourth-order valence-electron chi connectivity index (χ4n) is 2.36. The summed E-state index contributed by atoms with van der Waals surface area (Å²) < 4.78 is 40.4. The smallest absolute Gasteiger partial charge is 0.250 e. The highest BCUT2D eigenvalue weighted by atomic mass is 32.2. The number of halogens is 1. The van der Waals surface area contributed by atoms with E-state index in [1.54, 1.807) is 6.92 Å². The number of anilines is 2. The number of aromatic nitrogens is 2. The van der Waals surface area contributed by atoms with Crippen LogP contribution in [0, 0.1) is 5.82 Å². The van der Waals surface area contributed by atoms with Gasteiger partial charge in [0.2, 0.25) is 21.1 Å². The van der Waals surface area contributed by atoms with Gasteiger partial charge in [-0.1, -0.05) is 49.1 Å². The Bertz CT molecular complexity index is 889. The molecule has 0 aliphatic carbocycles. The van der Waals surface area contributed by atoms with Crippen LogP contribution in [0.4, 0.5) is 15.2 Å². The van der Waals surface area contributed by atoms with Gasteiger partial charge in [0, 0.05) is 5.75 Å². The Labute approximate surface area is 166 Å². The fraction of sp³-hybridized carbons (Fsp3) is 0.438. The van der Waals surface area contributed by atoms with Crippen molar-refractivity contribution >= 4 is 49.8 Å². The lowest BCUT2D eigenvalue weighted by Crippen LogP contribution is -2.47. The molecule has 0 spiro atoms. The van der Waals surface area contributed by atoms with Gasteiger partial charge in [-0.2, -0.15) is 0 Å². The molecule has 2 rings (SSSR count). The normalized spacial score (nSPS) is 12.6. The van der Waals surface area contributed by atoms with Crippen LogP contribution in [0.1, 0.15) is 26.7 Å². The van der Waals surface area contributed by atoms with Gasteiger partial charge in [-0.25, -0.2) is 12.8 Å². The molecule has 0 bridgehead atoms. The molecule has 1 N–H and O–H groups in total. The molecular weight excluding hydrogens is 411 g/mol. The average Bonchev–Trinajstić information content (AvgIpc) is 3.04. The van der Waals surface area contributed by atoms with E-state index in [1.807, 2.05) is 6.92 Å². The number of hydrogen-bond acceptors (Lipinski definition) is 7. The predicted molar refractivity (Wildman–Crippen MR) is 107 cm³/mol. The minimum Gasteiger partial charge on any atom is -0.299 e. The molecule has 0 aliphatic rings. The van der Waals surface area contributed by atoms with Gasteiger partial charge in [0.05, 0.1) is 11.9 Å². The summed E-state index contributed by atoms with van der Waals surface area (Å²) in [7, 11) is -3.90. The highest BCUT2D eigenvalue weighted by molar-refractivity contribution is 8.01. The van der Waals surface area contributed by atoms with E-state index in [0.717, 1.165) is 28.8 Å². The maximum atomic E-state index is 14.2. The van der Waals surface area contributed by atoms with Crippen molar-refractivity contribution in [3.63, 3.8) is 0 Å². The molecule has 1 aromatic carbocycles. The second-order valence-corrected chi connectivity index (χ2v) is 9.82. The van der Waals surface area contributed by atoms with E-state index in [1.165, 1.54) is 41.3 Å². The molecule has 7 nitrogen and oxygen atoms in total. The third kappa shape index (κ3) is 5.63. The first-order valence-electron chi connectivity index (χ1n) is 8.29. The first-order chi connectivity index (χ1) is 12.8. The Hall–Kier alpha value is -1.72. The molecule has 1 amide bonds. The number of nitrogens with one attached hydrogen (secondary N) is 1. The van der Waals surface area contributed by atoms with Crippen LogP contribution in [-0.2, 0) is 14.8 Å². The SMILES string of the molecule is CCCSc1nnc(NC(=O)C(CC)N(c2ccccc2F)S(C)(=O)=O)s1. The molecule has 0 saturated carbocycles. The van der Waals surface area contributed by atoms with Gasteiger partial charge in [-0.05, 0) is 25.0 Å². The van der Waals surface area contributed by atoms with Crippen LogP contribution in [0.5, 0.6) is 0 Å². The van der Waals surface area contributed by atoms with Gasteiger partial charge < -0.3 is 0 Å². The summed E-state index contributed by atoms with van der Waals surface area (Å²) in [4.78, 5) is 12.7. The monoisotopic (exact) mass is 432 g/mol. The highest BCUT2D eigenvalue weighted by Gasteiger charge is 2.33. The molecule has 0 radical (unpaired) electrons. The molecule has 0 aliphatic heterocycles. The molecule has 27 heavy (non-hydrogen) atoms. The lowest BCUT2D eigenvalue weighted by molar-refractivity contribution is -0.117. The van der Waals surface area contributed by atoms with Crippen LogP contribution in [0.25, 0.3) is 0 Å². The van der Waals surface area contributed by atoms with Crippen molar-refractivity contribution in [3.8, 4) is 0 Å². The lowest BCUT2D eigenvalue weighted by Gasteiger charge is -2.29. The minimum atomic E-state index is -3.90. The van der Waals surface area contributed by atoms with Crippen molar-refractivity contribution in [3.05, 3.63) is 30.1 Å². The third-order valence-electron chi connectivity index (χ3n) is 3.49. The second-order valence-electron chi connectivity index (χ2n) is 5.65. The Morgan fingerprint density at radius 1 is 1.33 bits per heavy atom. The van der Waals surface area contributed by atoms with E-state index in [9.17, 15) is 17.6 Å². The summed E-state index contributed by atoms with van der Waals surface area (Å²) in [6, 6.07) is 4.34. The van der Waals surface area contributed by atoms with Crippen LogP contribution in [-0.4, -0.2) is 42.6 Å². The highest BCUT2D eigenvalue weighted by Crippen LogP contribution is 2.28. The van der Waals surface area contributed by atoms with E-state index >= 15 is 0 Å². The molecule has 0 fully saturated rings. The van der Waals surface area contributed by atoms with Crippen LogP contribution in [0.15, 0.2) is 28.6 Å². The summed E-state index contributed by atoms with van der Waals surface area (Å²) in [6.45, 7) is 3.71. The molecule has 1 atom stereocenters. The Kier molecular flexibility index (Phi) is 7.57. The Balaban J connectivity index is 2.27. The predicted octanol–water partition coefficient (Wildman–Crippen LogP) is 3.36. The molecule has 148 valence electrons. The zero-order valence-corrected chi connectivity index (χ0v) is 17.6. The van der Waals surface area contributed by atoms with Crippen molar-refractivity contribution in [2.45, 2.75) is 37.1 Å². The van der Waals surface area contributed by atoms with Crippen LogP contribution in [0.2, 0.25) is 0 Å². The largest absolute Gasteiger partial charge is 0.299 e. The average molecular weight is 433 g/mol. The number of sulfonamides is 1. The summed E-state index contributed by atoms with van der Waals surface area (Å²) in [6.07, 6.45) is 2.08. The molecular formula is C16H21FN4O3S3. The third-order valence-corrected chi connectivity index (χ3v) is 6.83. The lowest BCUT2D eigenvalue weighted by atomic mass is 10.2. The summed E-state index contributed by atoms with van der Waals surface area (Å²) >= 11 is 2.74. The van der Waals surface area contributed by atoms with Gasteiger partial charge in [-0.15, -0.1) is 10.2 Å². The zero-order chi connectivity index (χ0) is 20.0. The summed E-state index contributed by atoms with van der Waals surface area (Å²) in [5.74, 6) is -0.423. The van der Waals surface area contributed by atoms with Crippen molar-refractivity contribution < 1.29 is 17.6 Å². The van der Waals surface area contributed by atoms with Crippen molar-refractivity contribution in [2.75, 3.05) is 21.6 Å². The second kappa shape index (κ2) is 9.47. The van der Waals surface area contributed by atoms with Crippen molar-refractivity contribution in [2.24, 2.45) is 0 Å². The number of benzene rings is 1. The quantitative estimate of drug-likeness (QED) is 0.482. The number of hydrogen-bond donors (Lipinski definition) is 1. The van der Waals surface area contributed by atoms with E-state index in [-0.39, 0.29) is 17.2 Å². The number of rotatable bonds is 9. The van der Waals surface area contributed by atoms with Gasteiger partial charge in [0.1, 0.15) is 11.9 Å².